The molecule has 3 aliphatic heterocycles. The number of hydrogen-bond acceptors (Lipinski definition) is 4. The summed E-state index contributed by atoms with van der Waals surface area (Å²) in [6, 6.07) is 8.71. The Labute approximate surface area is 178 Å². The Balaban J connectivity index is 1.45. The summed E-state index contributed by atoms with van der Waals surface area (Å²) in [5.41, 5.74) is 2.39. The van der Waals surface area contributed by atoms with E-state index in [1.165, 1.54) is 5.69 Å². The molecule has 0 radical (unpaired) electrons. The first-order valence-electron chi connectivity index (χ1n) is 11.0. The Kier molecular flexibility index (Phi) is 5.88. The number of aromatic nitrogens is 2. The number of imidazole rings is 1. The molecule has 5 rings (SSSR count). The molecule has 0 aliphatic carbocycles. The highest BCUT2D eigenvalue weighted by Crippen LogP contribution is 2.43. The van der Waals surface area contributed by atoms with E-state index in [9.17, 15) is 4.79 Å². The van der Waals surface area contributed by atoms with E-state index in [-0.39, 0.29) is 17.5 Å². The fourth-order valence-electron chi connectivity index (χ4n) is 5.02. The minimum atomic E-state index is 0.0377. The van der Waals surface area contributed by atoms with Gasteiger partial charge in [0.1, 0.15) is 5.75 Å². The first kappa shape index (κ1) is 20.6. The van der Waals surface area contributed by atoms with Crippen molar-refractivity contribution >= 4 is 11.7 Å². The van der Waals surface area contributed by atoms with Crippen LogP contribution in [0.5, 0.6) is 5.75 Å². The van der Waals surface area contributed by atoms with Gasteiger partial charge in [-0.2, -0.15) is 0 Å². The number of benzene rings is 1. The summed E-state index contributed by atoms with van der Waals surface area (Å²) >= 11 is 0. The number of amides is 2. The summed E-state index contributed by atoms with van der Waals surface area (Å²) in [6.45, 7) is 10.5. The number of rotatable bonds is 6. The largest absolute Gasteiger partial charge is 0.494 e. The summed E-state index contributed by atoms with van der Waals surface area (Å²) in [6.07, 6.45) is 5.37. The molecular formula is C23H33N5O2. The molecule has 0 spiro atoms. The highest BCUT2D eigenvalue weighted by Gasteiger charge is 2.46. The van der Waals surface area contributed by atoms with E-state index < -0.39 is 0 Å². The molecule has 1 aromatic heterocycles. The predicted octanol–water partition coefficient (Wildman–Crippen LogP) is 3.30. The topological polar surface area (TPSA) is 73.5 Å². The Morgan fingerprint density at radius 1 is 1.27 bits per heavy atom. The van der Waals surface area contributed by atoms with Gasteiger partial charge in [0.25, 0.3) is 0 Å². The summed E-state index contributed by atoms with van der Waals surface area (Å²) in [7, 11) is 0. The lowest BCUT2D eigenvalue weighted by atomic mass is 9.73. The second kappa shape index (κ2) is 8.58. The predicted molar refractivity (Wildman–Crippen MR) is 118 cm³/mol. The minimum absolute atomic E-state index is 0.0377. The second-order valence-corrected chi connectivity index (χ2v) is 9.12. The van der Waals surface area contributed by atoms with Gasteiger partial charge in [-0.05, 0) is 48.9 Å². The maximum atomic E-state index is 12.9. The number of piperidine rings is 1. The number of aromatic amines is 1. The highest BCUT2D eigenvalue weighted by molar-refractivity contribution is 5.74. The van der Waals surface area contributed by atoms with Crippen LogP contribution in [-0.4, -0.2) is 59.7 Å². The van der Waals surface area contributed by atoms with Gasteiger partial charge in [0.15, 0.2) is 0 Å². The van der Waals surface area contributed by atoms with Crippen LogP contribution in [0, 0.1) is 11.3 Å². The van der Waals surface area contributed by atoms with Crippen LogP contribution in [0.1, 0.15) is 32.9 Å². The Morgan fingerprint density at radius 2 is 2.07 bits per heavy atom. The van der Waals surface area contributed by atoms with Crippen molar-refractivity contribution in [2.75, 3.05) is 37.7 Å². The molecule has 3 aliphatic rings. The monoisotopic (exact) mass is 411 g/mol. The van der Waals surface area contributed by atoms with Gasteiger partial charge in [-0.15, -0.1) is 0 Å². The van der Waals surface area contributed by atoms with E-state index in [1.807, 2.05) is 24.0 Å². The molecule has 2 atom stereocenters. The molecule has 7 nitrogen and oxygen atoms in total. The average molecular weight is 412 g/mol. The number of anilines is 1. The number of urea groups is 1. The second-order valence-electron chi connectivity index (χ2n) is 9.12. The maximum Gasteiger partial charge on any atom is 0.317 e. The quantitative estimate of drug-likeness (QED) is 0.765. The van der Waals surface area contributed by atoms with Crippen LogP contribution in [0.2, 0.25) is 0 Å². The molecule has 2 N–H and O–H groups in total. The molecule has 4 heterocycles. The highest BCUT2D eigenvalue weighted by atomic mass is 16.5. The summed E-state index contributed by atoms with van der Waals surface area (Å²) in [4.78, 5) is 24.6. The number of ether oxygens (including phenoxy) is 1. The molecule has 30 heavy (non-hydrogen) atoms. The van der Waals surface area contributed by atoms with Gasteiger partial charge in [-0.1, -0.05) is 13.8 Å². The van der Waals surface area contributed by atoms with Crippen LogP contribution in [0.3, 0.4) is 0 Å². The number of nitrogens with zero attached hydrogens (tertiary/aromatic N) is 3. The van der Waals surface area contributed by atoms with Crippen molar-refractivity contribution in [2.45, 2.75) is 39.7 Å². The van der Waals surface area contributed by atoms with E-state index in [0.29, 0.717) is 19.1 Å². The van der Waals surface area contributed by atoms with Crippen molar-refractivity contribution in [3.05, 3.63) is 42.5 Å². The van der Waals surface area contributed by atoms with Crippen LogP contribution in [-0.2, 0) is 6.42 Å². The number of carbonyl (C=O) groups excluding carboxylic acids is 1. The van der Waals surface area contributed by atoms with Gasteiger partial charge in [-0.3, -0.25) is 0 Å². The molecule has 2 unspecified atom stereocenters. The zero-order chi connectivity index (χ0) is 21.1. The standard InChI is InChI=1S/C23H33N5O2/c1-4-30-20-7-5-19(6-8-20)28-14-17-11-23(2,3)21(28)15-27(13-17)22(29)25-10-9-18-12-24-16-26-18/h5-8,12,16-17,21H,4,9-11,13-15H2,1-3H3,(H,24,26)(H,25,29). The molecule has 2 aromatic rings. The molecule has 1 aromatic carbocycles. The lowest BCUT2D eigenvalue weighted by Gasteiger charge is -2.48. The van der Waals surface area contributed by atoms with E-state index in [2.05, 4.69) is 46.2 Å². The van der Waals surface area contributed by atoms with Crippen LogP contribution in [0.25, 0.3) is 0 Å². The van der Waals surface area contributed by atoms with Crippen LogP contribution in [0.15, 0.2) is 36.8 Å². The van der Waals surface area contributed by atoms with Crippen molar-refractivity contribution in [3.63, 3.8) is 0 Å². The van der Waals surface area contributed by atoms with E-state index >= 15 is 0 Å². The molecule has 3 saturated heterocycles. The van der Waals surface area contributed by atoms with Crippen LogP contribution < -0.4 is 15.0 Å². The zero-order valence-electron chi connectivity index (χ0n) is 18.2. The van der Waals surface area contributed by atoms with Gasteiger partial charge in [0, 0.05) is 50.2 Å². The number of carbonyl (C=O) groups is 1. The van der Waals surface area contributed by atoms with Crippen LogP contribution in [0.4, 0.5) is 10.5 Å². The summed E-state index contributed by atoms with van der Waals surface area (Å²) in [5, 5.41) is 3.09. The molecule has 3 fully saturated rings. The molecule has 162 valence electrons. The molecule has 7 heteroatoms. The van der Waals surface area contributed by atoms with Crippen molar-refractivity contribution in [1.82, 2.24) is 20.2 Å². The fraction of sp³-hybridized carbons (Fsp3) is 0.565. The van der Waals surface area contributed by atoms with E-state index in [0.717, 1.165) is 43.9 Å². The third-order valence-electron chi connectivity index (χ3n) is 6.41. The molecule has 2 amide bonds. The van der Waals surface area contributed by atoms with Gasteiger partial charge in [0.2, 0.25) is 0 Å². The molecular weight excluding hydrogens is 378 g/mol. The van der Waals surface area contributed by atoms with Crippen molar-refractivity contribution in [2.24, 2.45) is 11.3 Å². The Hall–Kier alpha value is -2.70. The van der Waals surface area contributed by atoms with Crippen molar-refractivity contribution in [3.8, 4) is 5.75 Å². The smallest absolute Gasteiger partial charge is 0.317 e. The van der Waals surface area contributed by atoms with E-state index in [4.69, 9.17) is 4.74 Å². The van der Waals surface area contributed by atoms with Gasteiger partial charge in [-0.25, -0.2) is 9.78 Å². The van der Waals surface area contributed by atoms with Gasteiger partial charge >= 0.3 is 6.03 Å². The minimum Gasteiger partial charge on any atom is -0.494 e. The van der Waals surface area contributed by atoms with Gasteiger partial charge in [0.05, 0.1) is 19.0 Å². The maximum absolute atomic E-state index is 12.9. The fourth-order valence-corrected chi connectivity index (χ4v) is 5.02. The zero-order valence-corrected chi connectivity index (χ0v) is 18.2. The summed E-state index contributed by atoms with van der Waals surface area (Å²) < 4.78 is 5.60. The van der Waals surface area contributed by atoms with Crippen molar-refractivity contribution in [1.29, 1.82) is 0 Å². The Bertz CT molecular complexity index is 834. The van der Waals surface area contributed by atoms with Gasteiger partial charge < -0.3 is 24.8 Å². The number of H-pyrrole nitrogens is 1. The SMILES string of the molecule is CCOc1ccc(N2CC3CN(C(=O)NCCc4cnc[nH]4)CC2C(C)(C)C3)cc1. The lowest BCUT2D eigenvalue weighted by molar-refractivity contribution is 0.187. The first-order chi connectivity index (χ1) is 14.5. The summed E-state index contributed by atoms with van der Waals surface area (Å²) in [5.74, 6) is 1.36. The van der Waals surface area contributed by atoms with Crippen LogP contribution >= 0.6 is 0 Å². The average Bonchev–Trinajstić information content (AvgIpc) is 3.10. The lowest BCUT2D eigenvalue weighted by Crippen LogP contribution is -2.54. The Morgan fingerprint density at radius 3 is 2.77 bits per heavy atom. The number of fused-ring (bicyclic) bond motifs is 4. The third kappa shape index (κ3) is 4.40. The number of hydrogen-bond donors (Lipinski definition) is 2. The van der Waals surface area contributed by atoms with Crippen molar-refractivity contribution < 1.29 is 9.53 Å². The number of nitrogens with one attached hydrogen (secondary N) is 2. The normalized spacial score (nSPS) is 22.6. The van der Waals surface area contributed by atoms with E-state index in [1.54, 1.807) is 12.5 Å². The molecule has 2 bridgehead atoms. The molecule has 0 saturated carbocycles. The third-order valence-corrected chi connectivity index (χ3v) is 6.41. The first-order valence-corrected chi connectivity index (χ1v) is 11.0.